The number of imidazole rings is 1. The molecule has 3 aromatic heterocycles. The van der Waals surface area contributed by atoms with Crippen molar-refractivity contribution in [2.45, 2.75) is 29.6 Å². The summed E-state index contributed by atoms with van der Waals surface area (Å²) in [6.45, 7) is 1.96. The van der Waals surface area contributed by atoms with Crippen LogP contribution in [0.4, 0.5) is 0 Å². The predicted molar refractivity (Wildman–Crippen MR) is 78.4 cm³/mol. The Morgan fingerprint density at radius 1 is 1.60 bits per heavy atom. The Labute approximate surface area is 122 Å². The van der Waals surface area contributed by atoms with Crippen LogP contribution in [0.3, 0.4) is 0 Å². The van der Waals surface area contributed by atoms with E-state index in [-0.39, 0.29) is 11.7 Å². The van der Waals surface area contributed by atoms with Gasteiger partial charge in [-0.05, 0) is 18.7 Å². The standard InChI is InChI=1S/C11H14N6OS2/c1-6(12)5-7-8(13-10-17(7)3-4-19-10)20-11-15-14-9(18)16(11)2/h3-4,6H,5,12H2,1-2H3,(H,14,18). The number of rotatable bonds is 4. The largest absolute Gasteiger partial charge is 0.343 e. The molecule has 0 aliphatic carbocycles. The van der Waals surface area contributed by atoms with Gasteiger partial charge in [0.05, 0.1) is 5.69 Å². The van der Waals surface area contributed by atoms with Crippen LogP contribution >= 0.6 is 23.1 Å². The molecule has 1 atom stereocenters. The molecule has 0 amide bonds. The van der Waals surface area contributed by atoms with E-state index < -0.39 is 0 Å². The fourth-order valence-electron chi connectivity index (χ4n) is 1.90. The Kier molecular flexibility index (Phi) is 3.40. The Morgan fingerprint density at radius 2 is 2.40 bits per heavy atom. The quantitative estimate of drug-likeness (QED) is 0.745. The number of nitrogens with two attached hydrogens (primary N) is 1. The minimum Gasteiger partial charge on any atom is -0.328 e. The van der Waals surface area contributed by atoms with E-state index in [0.29, 0.717) is 5.16 Å². The van der Waals surface area contributed by atoms with Crippen molar-refractivity contribution in [3.05, 3.63) is 27.8 Å². The average Bonchev–Trinajstić information content (AvgIpc) is 3.03. The van der Waals surface area contributed by atoms with Gasteiger partial charge in [-0.1, -0.05) is 0 Å². The van der Waals surface area contributed by atoms with Crippen molar-refractivity contribution < 1.29 is 0 Å². The van der Waals surface area contributed by atoms with Gasteiger partial charge in [0, 0.05) is 31.1 Å². The molecule has 1 unspecified atom stereocenters. The second-order valence-corrected chi connectivity index (χ2v) is 6.40. The first-order chi connectivity index (χ1) is 9.56. The van der Waals surface area contributed by atoms with E-state index in [9.17, 15) is 4.79 Å². The van der Waals surface area contributed by atoms with E-state index in [1.807, 2.05) is 22.9 Å². The maximum atomic E-state index is 11.4. The highest BCUT2D eigenvalue weighted by atomic mass is 32.2. The number of nitrogens with one attached hydrogen (secondary N) is 1. The van der Waals surface area contributed by atoms with Crippen molar-refractivity contribution >= 4 is 28.1 Å². The molecule has 0 aliphatic heterocycles. The number of aromatic amines is 1. The third-order valence-corrected chi connectivity index (χ3v) is 4.69. The maximum absolute atomic E-state index is 11.4. The van der Waals surface area contributed by atoms with E-state index in [0.717, 1.165) is 22.1 Å². The summed E-state index contributed by atoms with van der Waals surface area (Å²) in [5.41, 5.74) is 6.73. The third kappa shape index (κ3) is 2.28. The fraction of sp³-hybridized carbons (Fsp3) is 0.364. The number of aromatic nitrogens is 5. The minimum atomic E-state index is -0.234. The minimum absolute atomic E-state index is 0.0390. The number of H-pyrrole nitrogens is 1. The Balaban J connectivity index is 2.04. The molecular weight excluding hydrogens is 296 g/mol. The van der Waals surface area contributed by atoms with Crippen LogP contribution < -0.4 is 11.4 Å². The van der Waals surface area contributed by atoms with Gasteiger partial charge in [0.2, 0.25) is 0 Å². The SMILES string of the molecule is CC(N)Cc1c(Sc2n[nH]c(=O)n2C)nc2sccn12. The van der Waals surface area contributed by atoms with E-state index in [2.05, 4.69) is 15.2 Å². The van der Waals surface area contributed by atoms with Gasteiger partial charge in [-0.2, -0.15) is 0 Å². The summed E-state index contributed by atoms with van der Waals surface area (Å²) in [6.07, 6.45) is 2.71. The molecule has 106 valence electrons. The van der Waals surface area contributed by atoms with E-state index in [1.165, 1.54) is 16.3 Å². The zero-order valence-electron chi connectivity index (χ0n) is 11.0. The molecular formula is C11H14N6OS2. The molecule has 7 nitrogen and oxygen atoms in total. The van der Waals surface area contributed by atoms with Gasteiger partial charge in [0.1, 0.15) is 5.03 Å². The molecule has 3 aromatic rings. The number of hydrogen-bond donors (Lipinski definition) is 2. The first-order valence-corrected chi connectivity index (χ1v) is 7.75. The molecule has 0 fully saturated rings. The first-order valence-electron chi connectivity index (χ1n) is 6.05. The third-order valence-electron chi connectivity index (χ3n) is 2.87. The maximum Gasteiger partial charge on any atom is 0.343 e. The lowest BCUT2D eigenvalue weighted by molar-refractivity contribution is 0.704. The number of thiazole rings is 1. The summed E-state index contributed by atoms with van der Waals surface area (Å²) >= 11 is 2.94. The second-order valence-electron chi connectivity index (χ2n) is 4.57. The number of hydrogen-bond acceptors (Lipinski definition) is 6. The highest BCUT2D eigenvalue weighted by molar-refractivity contribution is 7.99. The molecule has 3 heterocycles. The summed E-state index contributed by atoms with van der Waals surface area (Å²) < 4.78 is 3.51. The van der Waals surface area contributed by atoms with Gasteiger partial charge in [-0.3, -0.25) is 8.97 Å². The highest BCUT2D eigenvalue weighted by Crippen LogP contribution is 2.30. The Hall–Kier alpha value is -1.58. The van der Waals surface area contributed by atoms with Gasteiger partial charge in [-0.25, -0.2) is 14.9 Å². The lowest BCUT2D eigenvalue weighted by atomic mass is 10.2. The smallest absolute Gasteiger partial charge is 0.328 e. The monoisotopic (exact) mass is 310 g/mol. The molecule has 9 heteroatoms. The molecule has 0 bridgehead atoms. The predicted octanol–water partition coefficient (Wildman–Crippen LogP) is 0.859. The van der Waals surface area contributed by atoms with E-state index >= 15 is 0 Å². The van der Waals surface area contributed by atoms with Gasteiger partial charge in [0.25, 0.3) is 0 Å². The molecule has 0 aliphatic rings. The molecule has 3 N–H and O–H groups in total. The van der Waals surface area contributed by atoms with Crippen LogP contribution in [0.5, 0.6) is 0 Å². The van der Waals surface area contributed by atoms with Crippen molar-refractivity contribution in [2.24, 2.45) is 12.8 Å². The highest BCUT2D eigenvalue weighted by Gasteiger charge is 2.18. The zero-order valence-corrected chi connectivity index (χ0v) is 12.7. The van der Waals surface area contributed by atoms with Crippen LogP contribution in [-0.2, 0) is 13.5 Å². The molecule has 0 spiro atoms. The van der Waals surface area contributed by atoms with E-state index in [1.54, 1.807) is 18.4 Å². The summed E-state index contributed by atoms with van der Waals surface area (Å²) in [5, 5.41) is 9.85. The van der Waals surface area contributed by atoms with Crippen molar-refractivity contribution in [3.8, 4) is 0 Å². The van der Waals surface area contributed by atoms with Crippen LogP contribution in [-0.4, -0.2) is 30.2 Å². The lowest BCUT2D eigenvalue weighted by Crippen LogP contribution is -2.19. The van der Waals surface area contributed by atoms with Crippen LogP contribution in [0.25, 0.3) is 4.96 Å². The number of nitrogens with zero attached hydrogens (tertiary/aromatic N) is 4. The summed E-state index contributed by atoms with van der Waals surface area (Å²) in [5.74, 6) is 0. The van der Waals surface area contributed by atoms with Gasteiger partial charge >= 0.3 is 5.69 Å². The summed E-state index contributed by atoms with van der Waals surface area (Å²) in [7, 11) is 1.68. The normalized spacial score (nSPS) is 13.2. The molecule has 20 heavy (non-hydrogen) atoms. The summed E-state index contributed by atoms with van der Waals surface area (Å²) in [4.78, 5) is 16.9. The fourth-order valence-corrected chi connectivity index (χ4v) is 3.60. The van der Waals surface area contributed by atoms with Crippen molar-refractivity contribution in [1.29, 1.82) is 0 Å². The molecule has 0 aromatic carbocycles. The summed E-state index contributed by atoms with van der Waals surface area (Å²) in [6, 6.07) is 0.0390. The average molecular weight is 310 g/mol. The topological polar surface area (TPSA) is 94.0 Å². The van der Waals surface area contributed by atoms with Crippen LogP contribution in [0.1, 0.15) is 12.6 Å². The molecule has 0 radical (unpaired) electrons. The van der Waals surface area contributed by atoms with Crippen molar-refractivity contribution in [3.63, 3.8) is 0 Å². The van der Waals surface area contributed by atoms with Gasteiger partial charge < -0.3 is 5.73 Å². The number of fused-ring (bicyclic) bond motifs is 1. The van der Waals surface area contributed by atoms with Crippen molar-refractivity contribution in [1.82, 2.24) is 24.1 Å². The van der Waals surface area contributed by atoms with E-state index in [4.69, 9.17) is 5.73 Å². The Morgan fingerprint density at radius 3 is 3.05 bits per heavy atom. The molecule has 3 rings (SSSR count). The molecule has 0 saturated carbocycles. The van der Waals surface area contributed by atoms with Crippen molar-refractivity contribution in [2.75, 3.05) is 0 Å². The first kappa shape index (κ1) is 13.4. The second kappa shape index (κ2) is 5.08. The zero-order chi connectivity index (χ0) is 14.3. The lowest BCUT2D eigenvalue weighted by Gasteiger charge is -2.06. The van der Waals surface area contributed by atoms with Gasteiger partial charge in [0.15, 0.2) is 10.1 Å². The van der Waals surface area contributed by atoms with Gasteiger partial charge in [-0.15, -0.1) is 16.4 Å². The molecule has 0 saturated heterocycles. The van der Waals surface area contributed by atoms with Crippen LogP contribution in [0, 0.1) is 0 Å². The van der Waals surface area contributed by atoms with Crippen LogP contribution in [0.15, 0.2) is 26.6 Å². The Bertz CT molecular complexity index is 795. The van der Waals surface area contributed by atoms with Crippen LogP contribution in [0.2, 0.25) is 0 Å².